The minimum atomic E-state index is -5.17. The quantitative estimate of drug-likeness (QED) is 0.217. The molecule has 0 amide bonds. The topological polar surface area (TPSA) is 80.3 Å². The molecule has 0 saturated heterocycles. The van der Waals surface area contributed by atoms with Crippen molar-refractivity contribution in [1.82, 2.24) is 0 Å². The van der Waals surface area contributed by atoms with E-state index in [9.17, 15) is 0 Å². The summed E-state index contributed by atoms with van der Waals surface area (Å²) in [5.74, 6) is 0. The zero-order chi connectivity index (χ0) is 4.50. The van der Waals surface area contributed by atoms with E-state index < -0.39 is 10.4 Å². The van der Waals surface area contributed by atoms with Gasteiger partial charge in [-0.15, -0.1) is 0 Å². The van der Waals surface area contributed by atoms with Crippen LogP contribution in [0.25, 0.3) is 0 Å². The molecule has 4 nitrogen and oxygen atoms in total. The van der Waals surface area contributed by atoms with Gasteiger partial charge >= 0.3 is 44.8 Å². The van der Waals surface area contributed by atoms with Crippen LogP contribution in [0.15, 0.2) is 0 Å². The smallest absolute Gasteiger partial charge is 0.759 e. The van der Waals surface area contributed by atoms with Crippen LogP contribution in [0, 0.1) is 0 Å². The van der Waals surface area contributed by atoms with Crippen molar-refractivity contribution < 1.29 is 62.3 Å². The molecule has 0 fully saturated rings. The van der Waals surface area contributed by atoms with Gasteiger partial charge in [0.15, 0.2) is 0 Å². The van der Waals surface area contributed by atoms with E-state index in [1.54, 1.807) is 0 Å². The largest absolute Gasteiger partial charge is 1.00 e. The first kappa shape index (κ1) is 22.4. The Morgan fingerprint density at radius 1 is 1.00 bits per heavy atom. The molecule has 0 saturated carbocycles. The van der Waals surface area contributed by atoms with E-state index in [0.29, 0.717) is 0 Å². The Bertz CT molecular complexity index is 97.2. The van der Waals surface area contributed by atoms with E-state index in [2.05, 4.69) is 0 Å². The standard InChI is InChI=1S/2Ag.H2O4S.Pb/c;;1-5(2,3)4;/h;;(H2,1,2,3,4);/q2*+1;;/p-2. The second kappa shape index (κ2) is 9.27. The van der Waals surface area contributed by atoms with E-state index in [0.717, 1.165) is 0 Å². The van der Waals surface area contributed by atoms with Gasteiger partial charge in [0.25, 0.3) is 0 Å². The molecule has 0 aromatic rings. The molecule has 0 rings (SSSR count). The van der Waals surface area contributed by atoms with Crippen molar-refractivity contribution in [3.05, 3.63) is 0 Å². The van der Waals surface area contributed by atoms with Gasteiger partial charge in [-0.3, -0.25) is 8.42 Å². The van der Waals surface area contributed by atoms with Gasteiger partial charge < -0.3 is 9.11 Å². The molecule has 0 aliphatic rings. The fourth-order valence-corrected chi connectivity index (χ4v) is 0. The fourth-order valence-electron chi connectivity index (χ4n) is 0. The van der Waals surface area contributed by atoms with Gasteiger partial charge in [-0.05, 0) is 0 Å². The molecule has 0 atom stereocenters. The van der Waals surface area contributed by atoms with Gasteiger partial charge in [-0.25, -0.2) is 0 Å². The Hall–Kier alpha value is 2.27. The summed E-state index contributed by atoms with van der Waals surface area (Å²) in [5.41, 5.74) is 0. The van der Waals surface area contributed by atoms with Gasteiger partial charge in [-0.2, -0.15) is 0 Å². The van der Waals surface area contributed by atoms with Crippen LogP contribution in [0.2, 0.25) is 0 Å². The minimum Gasteiger partial charge on any atom is -0.759 e. The van der Waals surface area contributed by atoms with Crippen molar-refractivity contribution in [1.29, 1.82) is 0 Å². The van der Waals surface area contributed by atoms with Gasteiger partial charge in [0.05, 0.1) is 0 Å². The molecule has 0 unspecified atom stereocenters. The number of hydrogen-bond acceptors (Lipinski definition) is 4. The summed E-state index contributed by atoms with van der Waals surface area (Å²) >= 11 is 0. The fraction of sp³-hybridized carbons (Fsp3) is 0. The van der Waals surface area contributed by atoms with Crippen LogP contribution in [-0.4, -0.2) is 44.8 Å². The van der Waals surface area contributed by atoms with Crippen molar-refractivity contribution in [3.63, 3.8) is 0 Å². The van der Waals surface area contributed by atoms with Crippen molar-refractivity contribution in [2.75, 3.05) is 0 Å². The molecular formula is Ag2O4PbS. The molecule has 0 heterocycles. The summed E-state index contributed by atoms with van der Waals surface area (Å²) in [4.78, 5) is 0. The first-order valence-electron chi connectivity index (χ1n) is 0.667. The maximum Gasteiger partial charge on any atom is 1.00 e. The molecule has 0 spiro atoms. The van der Waals surface area contributed by atoms with Crippen molar-refractivity contribution in [2.24, 2.45) is 0 Å². The molecule has 4 radical (unpaired) electrons. The minimum absolute atomic E-state index is 0. The predicted molar refractivity (Wildman–Crippen MR) is 16.2 cm³/mol. The Balaban J connectivity index is -0.0000000267. The summed E-state index contributed by atoms with van der Waals surface area (Å²) in [6.07, 6.45) is 0. The monoisotopic (exact) mass is 518 g/mol. The summed E-state index contributed by atoms with van der Waals surface area (Å²) < 4.78 is 34.1. The molecule has 0 aromatic heterocycles. The van der Waals surface area contributed by atoms with Crippen LogP contribution in [0.4, 0.5) is 0 Å². The zero-order valence-electron chi connectivity index (χ0n) is 3.14. The van der Waals surface area contributed by atoms with Crippen LogP contribution in [0.5, 0.6) is 0 Å². The first-order chi connectivity index (χ1) is 2.00. The normalized spacial score (nSPS) is 7.25. The average Bonchev–Trinajstić information content (AvgIpc) is 0.722. The summed E-state index contributed by atoms with van der Waals surface area (Å²) in [7, 11) is -5.17. The summed E-state index contributed by atoms with van der Waals surface area (Å²) in [6.45, 7) is 0. The molecule has 0 aromatic carbocycles. The molecule has 0 aliphatic carbocycles. The van der Waals surface area contributed by atoms with Crippen LogP contribution in [0.1, 0.15) is 0 Å². The van der Waals surface area contributed by atoms with Crippen molar-refractivity contribution >= 4 is 37.7 Å². The molecule has 0 bridgehead atoms. The second-order valence-corrected chi connectivity index (χ2v) is 1.22. The summed E-state index contributed by atoms with van der Waals surface area (Å²) in [6, 6.07) is 0. The predicted octanol–water partition coefficient (Wildman–Crippen LogP) is -1.72. The van der Waals surface area contributed by atoms with Crippen LogP contribution < -0.4 is 0 Å². The number of hydrogen-bond donors (Lipinski definition) is 0. The molecule has 0 N–H and O–H groups in total. The van der Waals surface area contributed by atoms with E-state index in [1.807, 2.05) is 0 Å². The SMILES string of the molecule is O=S(=O)([O-])[O-].[Ag+].[Ag+].[Pb]. The Morgan fingerprint density at radius 3 is 1.00 bits per heavy atom. The zero-order valence-corrected chi connectivity index (χ0v) is 10.8. The molecule has 8 heavy (non-hydrogen) atoms. The third-order valence-corrected chi connectivity index (χ3v) is 0. The average molecular weight is 519 g/mol. The number of rotatable bonds is 0. The third-order valence-electron chi connectivity index (χ3n) is 0. The third kappa shape index (κ3) is 84.7. The molecular weight excluding hydrogens is 519 g/mol. The van der Waals surface area contributed by atoms with Crippen LogP contribution >= 0.6 is 0 Å². The Kier molecular flexibility index (Phi) is 26.0. The maximum absolute atomic E-state index is 8.52. The maximum atomic E-state index is 8.52. The molecule has 56 valence electrons. The summed E-state index contributed by atoms with van der Waals surface area (Å²) in [5, 5.41) is 0. The Morgan fingerprint density at radius 2 is 1.00 bits per heavy atom. The molecule has 0 aliphatic heterocycles. The van der Waals surface area contributed by atoms with Gasteiger partial charge in [-0.1, -0.05) is 0 Å². The van der Waals surface area contributed by atoms with Gasteiger partial charge in [0, 0.05) is 37.7 Å². The van der Waals surface area contributed by atoms with Crippen LogP contribution in [0.3, 0.4) is 0 Å². The second-order valence-electron chi connectivity index (χ2n) is 0.408. The van der Waals surface area contributed by atoms with Gasteiger partial charge in [0.2, 0.25) is 0 Å². The van der Waals surface area contributed by atoms with E-state index in [4.69, 9.17) is 17.5 Å². The van der Waals surface area contributed by atoms with E-state index in [1.165, 1.54) is 0 Å². The van der Waals surface area contributed by atoms with Crippen molar-refractivity contribution in [3.8, 4) is 0 Å². The first-order valence-corrected chi connectivity index (χ1v) is 2.00. The van der Waals surface area contributed by atoms with Gasteiger partial charge in [0.1, 0.15) is 0 Å². The Labute approximate surface area is 98.6 Å². The molecule has 8 heteroatoms. The van der Waals surface area contributed by atoms with Crippen LogP contribution in [-0.2, 0) is 55.2 Å². The van der Waals surface area contributed by atoms with E-state index >= 15 is 0 Å². The van der Waals surface area contributed by atoms with Crippen molar-refractivity contribution in [2.45, 2.75) is 0 Å². The van der Waals surface area contributed by atoms with E-state index in [-0.39, 0.29) is 72.1 Å².